The van der Waals surface area contributed by atoms with Crippen molar-refractivity contribution in [2.24, 2.45) is 0 Å². The van der Waals surface area contributed by atoms with Crippen molar-refractivity contribution in [1.82, 2.24) is 9.71 Å². The van der Waals surface area contributed by atoms with Gasteiger partial charge in [0.1, 0.15) is 6.33 Å². The number of nitrogens with zero attached hydrogens (tertiary/aromatic N) is 3. The number of alkyl halides is 3. The molecule has 0 fully saturated rings. The number of hydrogen-bond acceptors (Lipinski definition) is 4. The molecular formula is C12H5ClF3N3O2. The van der Waals surface area contributed by atoms with Crippen LogP contribution in [0.3, 0.4) is 0 Å². The van der Waals surface area contributed by atoms with Crippen molar-refractivity contribution in [3.8, 4) is 11.8 Å². The third-order valence-corrected chi connectivity index (χ3v) is 2.49. The average Bonchev–Trinajstić information content (AvgIpc) is 2.39. The van der Waals surface area contributed by atoms with Gasteiger partial charge in [0.25, 0.3) is 5.56 Å². The van der Waals surface area contributed by atoms with E-state index in [0.717, 1.165) is 0 Å². The zero-order chi connectivity index (χ0) is 15.6. The fourth-order valence-corrected chi connectivity index (χ4v) is 1.63. The van der Waals surface area contributed by atoms with Gasteiger partial charge in [-0.05, 0) is 6.07 Å². The summed E-state index contributed by atoms with van der Waals surface area (Å²) in [6.45, 7) is 0. The topological polar surface area (TPSA) is 67.9 Å². The van der Waals surface area contributed by atoms with Crippen LogP contribution in [0.25, 0.3) is 0 Å². The second-order valence-electron chi connectivity index (χ2n) is 3.81. The van der Waals surface area contributed by atoms with Crippen molar-refractivity contribution in [2.45, 2.75) is 6.18 Å². The van der Waals surface area contributed by atoms with Gasteiger partial charge in [0.15, 0.2) is 11.4 Å². The maximum absolute atomic E-state index is 12.4. The minimum absolute atomic E-state index is 0.0164. The third-order valence-electron chi connectivity index (χ3n) is 2.27. The summed E-state index contributed by atoms with van der Waals surface area (Å²) in [5, 5.41) is 8.94. The van der Waals surface area contributed by atoms with Gasteiger partial charge in [-0.1, -0.05) is 11.6 Å². The third kappa shape index (κ3) is 3.52. The van der Waals surface area contributed by atoms with Crippen LogP contribution in [0.1, 0.15) is 11.3 Å². The lowest BCUT2D eigenvalue weighted by Crippen LogP contribution is -2.26. The summed E-state index contributed by atoms with van der Waals surface area (Å²) in [4.78, 5) is 19.7. The monoisotopic (exact) mass is 315 g/mol. The van der Waals surface area contributed by atoms with Crippen LogP contribution in [0.4, 0.5) is 13.2 Å². The summed E-state index contributed by atoms with van der Waals surface area (Å²) < 4.78 is 37.6. The molecule has 1 heterocycles. The maximum Gasteiger partial charge on any atom is 0.433 e. The van der Waals surface area contributed by atoms with Gasteiger partial charge in [0.05, 0.1) is 11.6 Å². The van der Waals surface area contributed by atoms with Gasteiger partial charge in [-0.25, -0.2) is 4.98 Å². The van der Waals surface area contributed by atoms with E-state index in [-0.39, 0.29) is 16.3 Å². The number of hydrogen-bond donors (Lipinski definition) is 0. The molecule has 0 unspecified atom stereocenters. The molecule has 21 heavy (non-hydrogen) atoms. The zero-order valence-corrected chi connectivity index (χ0v) is 10.8. The van der Waals surface area contributed by atoms with Crippen molar-refractivity contribution in [3.05, 3.63) is 57.2 Å². The van der Waals surface area contributed by atoms with Gasteiger partial charge >= 0.3 is 6.18 Å². The zero-order valence-electron chi connectivity index (χ0n) is 10.1. The smallest absolute Gasteiger partial charge is 0.371 e. The van der Waals surface area contributed by atoms with E-state index >= 15 is 0 Å². The quantitative estimate of drug-likeness (QED) is 0.854. The summed E-state index contributed by atoms with van der Waals surface area (Å²) >= 11 is 5.74. The Hall–Kier alpha value is -2.53. The normalized spacial score (nSPS) is 11.0. The highest BCUT2D eigenvalue weighted by Crippen LogP contribution is 2.26. The van der Waals surface area contributed by atoms with Gasteiger partial charge in [-0.3, -0.25) is 4.79 Å². The largest absolute Gasteiger partial charge is 0.433 e. The van der Waals surface area contributed by atoms with Crippen LogP contribution < -0.4 is 10.4 Å². The van der Waals surface area contributed by atoms with E-state index < -0.39 is 17.4 Å². The Morgan fingerprint density at radius 1 is 1.29 bits per heavy atom. The molecule has 0 saturated carbocycles. The predicted octanol–water partition coefficient (Wildman–Crippen LogP) is 2.63. The molecule has 0 aliphatic rings. The molecule has 0 bridgehead atoms. The van der Waals surface area contributed by atoms with E-state index in [2.05, 4.69) is 4.98 Å². The molecule has 0 aliphatic carbocycles. The molecule has 1 aromatic carbocycles. The van der Waals surface area contributed by atoms with E-state index in [1.54, 1.807) is 0 Å². The first-order valence-electron chi connectivity index (χ1n) is 5.34. The van der Waals surface area contributed by atoms with Crippen LogP contribution in [0.2, 0.25) is 5.02 Å². The highest BCUT2D eigenvalue weighted by Gasteiger charge is 2.33. The Morgan fingerprint density at radius 3 is 2.57 bits per heavy atom. The minimum atomic E-state index is -4.72. The minimum Gasteiger partial charge on any atom is -0.371 e. The Balaban J connectivity index is 2.35. The van der Waals surface area contributed by atoms with Crippen molar-refractivity contribution >= 4 is 11.6 Å². The molecule has 1 aromatic heterocycles. The molecule has 5 nitrogen and oxygen atoms in total. The lowest BCUT2D eigenvalue weighted by molar-refractivity contribution is -0.141. The van der Waals surface area contributed by atoms with Crippen LogP contribution in [0, 0.1) is 11.3 Å². The summed E-state index contributed by atoms with van der Waals surface area (Å²) in [5.74, 6) is 0.0164. The van der Waals surface area contributed by atoms with Gasteiger partial charge in [-0.15, -0.1) is 4.73 Å². The molecule has 0 N–H and O–H groups in total. The lowest BCUT2D eigenvalue weighted by atomic mass is 10.2. The summed E-state index contributed by atoms with van der Waals surface area (Å²) in [5.41, 5.74) is -2.21. The Bertz CT molecular complexity index is 781. The van der Waals surface area contributed by atoms with E-state index in [1.165, 1.54) is 18.2 Å². The van der Waals surface area contributed by atoms with Crippen molar-refractivity contribution in [2.75, 3.05) is 0 Å². The van der Waals surface area contributed by atoms with Gasteiger partial charge in [-0.2, -0.15) is 18.4 Å². The molecule has 2 rings (SSSR count). The molecule has 2 aromatic rings. The lowest BCUT2D eigenvalue weighted by Gasteiger charge is -2.09. The molecular weight excluding hydrogens is 311 g/mol. The molecule has 0 saturated heterocycles. The Morgan fingerprint density at radius 2 is 2.00 bits per heavy atom. The standard InChI is InChI=1S/C12H5ClF3N3O2/c13-8-1-7(5-17)2-9(3-8)21-19-6-18-10(4-11(19)20)12(14,15)16/h1-4,6H. The van der Waals surface area contributed by atoms with Crippen molar-refractivity contribution in [3.63, 3.8) is 0 Å². The molecule has 0 spiro atoms. The van der Waals surface area contributed by atoms with E-state index in [4.69, 9.17) is 21.7 Å². The molecule has 0 atom stereocenters. The number of nitriles is 1. The molecule has 9 heteroatoms. The van der Waals surface area contributed by atoms with Crippen molar-refractivity contribution < 1.29 is 18.0 Å². The van der Waals surface area contributed by atoms with Crippen LogP contribution in [0.15, 0.2) is 35.4 Å². The van der Waals surface area contributed by atoms with Gasteiger partial charge in [0, 0.05) is 23.2 Å². The van der Waals surface area contributed by atoms with E-state index in [0.29, 0.717) is 17.1 Å². The Labute approximate surface area is 120 Å². The Kier molecular flexibility index (Phi) is 3.86. The second-order valence-corrected chi connectivity index (χ2v) is 4.25. The summed E-state index contributed by atoms with van der Waals surface area (Å²) in [6, 6.07) is 6.06. The SMILES string of the molecule is N#Cc1cc(Cl)cc(On2cnc(C(F)(F)F)cc2=O)c1. The fourth-order valence-electron chi connectivity index (χ4n) is 1.41. The first-order chi connectivity index (χ1) is 9.79. The van der Waals surface area contributed by atoms with Crippen LogP contribution in [-0.2, 0) is 6.18 Å². The molecule has 0 radical (unpaired) electrons. The van der Waals surface area contributed by atoms with Gasteiger partial charge in [0.2, 0.25) is 0 Å². The molecule has 0 amide bonds. The first-order valence-corrected chi connectivity index (χ1v) is 5.72. The predicted molar refractivity (Wildman–Crippen MR) is 65.7 cm³/mol. The summed E-state index contributed by atoms with van der Waals surface area (Å²) in [7, 11) is 0. The highest BCUT2D eigenvalue weighted by atomic mass is 35.5. The van der Waals surface area contributed by atoms with Gasteiger partial charge < -0.3 is 4.84 Å². The number of rotatable bonds is 2. The number of benzene rings is 1. The summed E-state index contributed by atoms with van der Waals surface area (Å²) in [6.07, 6.45) is -4.12. The first kappa shape index (κ1) is 14.9. The highest BCUT2D eigenvalue weighted by molar-refractivity contribution is 6.30. The molecule has 108 valence electrons. The number of halogens is 4. The number of aromatic nitrogens is 2. The fraction of sp³-hybridized carbons (Fsp3) is 0.0833. The van der Waals surface area contributed by atoms with Crippen molar-refractivity contribution in [1.29, 1.82) is 5.26 Å². The van der Waals surface area contributed by atoms with E-state index in [9.17, 15) is 18.0 Å². The molecule has 0 aliphatic heterocycles. The second kappa shape index (κ2) is 5.46. The van der Waals surface area contributed by atoms with Crippen LogP contribution in [-0.4, -0.2) is 9.71 Å². The van der Waals surface area contributed by atoms with E-state index in [1.807, 2.05) is 6.07 Å². The maximum atomic E-state index is 12.4. The van der Waals surface area contributed by atoms with Crippen LogP contribution >= 0.6 is 11.6 Å². The van der Waals surface area contributed by atoms with Crippen LogP contribution in [0.5, 0.6) is 5.75 Å². The average molecular weight is 316 g/mol.